The number of hydrogen-bond donors (Lipinski definition) is 3. The lowest BCUT2D eigenvalue weighted by Gasteiger charge is -2.16. The summed E-state index contributed by atoms with van der Waals surface area (Å²) in [6.45, 7) is 1.99. The highest BCUT2D eigenvalue weighted by atomic mass is 16.3. The van der Waals surface area contributed by atoms with E-state index in [2.05, 4.69) is 15.3 Å². The van der Waals surface area contributed by atoms with Crippen molar-refractivity contribution in [2.24, 2.45) is 0 Å². The Morgan fingerprint density at radius 1 is 0.969 bits per heavy atom. The zero-order chi connectivity index (χ0) is 22.5. The molecule has 160 valence electrons. The van der Waals surface area contributed by atoms with Crippen molar-refractivity contribution in [3.8, 4) is 17.0 Å². The summed E-state index contributed by atoms with van der Waals surface area (Å²) in [6.07, 6.45) is 0.646. The van der Waals surface area contributed by atoms with Gasteiger partial charge in [0.2, 0.25) is 5.91 Å². The van der Waals surface area contributed by atoms with Gasteiger partial charge in [-0.15, -0.1) is 0 Å². The van der Waals surface area contributed by atoms with Gasteiger partial charge in [0.25, 0.3) is 0 Å². The zero-order valence-electron chi connectivity index (χ0n) is 17.6. The van der Waals surface area contributed by atoms with E-state index in [4.69, 9.17) is 0 Å². The number of amides is 1. The molecule has 0 aliphatic carbocycles. The third-order valence-corrected chi connectivity index (χ3v) is 5.08. The van der Waals surface area contributed by atoms with Crippen molar-refractivity contribution in [2.45, 2.75) is 19.4 Å². The number of aromatic nitrogens is 2. The smallest absolute Gasteiger partial charge is 0.229 e. The summed E-state index contributed by atoms with van der Waals surface area (Å²) < 4.78 is 0. The second-order valence-corrected chi connectivity index (χ2v) is 7.56. The first kappa shape index (κ1) is 21.2. The predicted molar refractivity (Wildman–Crippen MR) is 123 cm³/mol. The van der Waals surface area contributed by atoms with Gasteiger partial charge in [0.15, 0.2) is 5.82 Å². The molecule has 32 heavy (non-hydrogen) atoms. The minimum Gasteiger partial charge on any atom is -0.508 e. The van der Waals surface area contributed by atoms with Gasteiger partial charge in [0.05, 0.1) is 18.3 Å². The van der Waals surface area contributed by atoms with Crippen LogP contribution in [0.2, 0.25) is 0 Å². The molecule has 1 amide bonds. The van der Waals surface area contributed by atoms with Crippen molar-refractivity contribution >= 4 is 11.7 Å². The lowest BCUT2D eigenvalue weighted by atomic mass is 10.1. The van der Waals surface area contributed by atoms with Gasteiger partial charge in [0.1, 0.15) is 17.5 Å². The minimum atomic E-state index is -1.07. The number of aromatic hydroxyl groups is 1. The molecule has 1 aromatic heterocycles. The maximum Gasteiger partial charge on any atom is 0.229 e. The molecule has 0 bridgehead atoms. The molecule has 0 spiro atoms. The van der Waals surface area contributed by atoms with E-state index in [1.54, 1.807) is 36.4 Å². The molecule has 1 atom stereocenters. The van der Waals surface area contributed by atoms with E-state index < -0.39 is 6.10 Å². The predicted octanol–water partition coefficient (Wildman–Crippen LogP) is 4.42. The minimum absolute atomic E-state index is 0.145. The number of nitrogens with one attached hydrogen (secondary N) is 1. The van der Waals surface area contributed by atoms with Gasteiger partial charge in [-0.2, -0.15) is 0 Å². The SMILES string of the molecule is Cc1ccc(CC(=O)Nc2ncc(-c3ccc(O)cc3)nc2C(O)c2ccccc2)cc1. The normalized spacial score (nSPS) is 11.7. The summed E-state index contributed by atoms with van der Waals surface area (Å²) in [4.78, 5) is 21.7. The number of aliphatic hydroxyl groups is 1. The number of benzene rings is 3. The van der Waals surface area contributed by atoms with Crippen molar-refractivity contribution in [2.75, 3.05) is 5.32 Å². The Hall–Kier alpha value is -4.03. The van der Waals surface area contributed by atoms with E-state index in [9.17, 15) is 15.0 Å². The Bertz CT molecular complexity index is 1210. The van der Waals surface area contributed by atoms with Crippen molar-refractivity contribution in [3.05, 3.63) is 107 Å². The molecule has 4 aromatic rings. The first-order chi connectivity index (χ1) is 15.5. The Kier molecular flexibility index (Phi) is 6.24. The first-order valence-electron chi connectivity index (χ1n) is 10.2. The van der Waals surface area contributed by atoms with E-state index in [0.29, 0.717) is 11.3 Å². The highest BCUT2D eigenvalue weighted by molar-refractivity contribution is 5.92. The number of carbonyl (C=O) groups is 1. The second kappa shape index (κ2) is 9.41. The van der Waals surface area contributed by atoms with Crippen molar-refractivity contribution in [3.63, 3.8) is 0 Å². The lowest BCUT2D eigenvalue weighted by molar-refractivity contribution is -0.115. The Morgan fingerprint density at radius 3 is 2.34 bits per heavy atom. The van der Waals surface area contributed by atoms with Gasteiger partial charge in [-0.3, -0.25) is 4.79 Å². The lowest BCUT2D eigenvalue weighted by Crippen LogP contribution is -2.19. The van der Waals surface area contributed by atoms with Crippen LogP contribution >= 0.6 is 0 Å². The van der Waals surface area contributed by atoms with Crippen LogP contribution in [0.25, 0.3) is 11.3 Å². The maximum atomic E-state index is 12.7. The fourth-order valence-corrected chi connectivity index (χ4v) is 3.32. The van der Waals surface area contributed by atoms with Gasteiger partial charge in [0, 0.05) is 5.56 Å². The van der Waals surface area contributed by atoms with Gasteiger partial charge in [-0.1, -0.05) is 60.2 Å². The van der Waals surface area contributed by atoms with Crippen molar-refractivity contribution in [1.82, 2.24) is 9.97 Å². The van der Waals surface area contributed by atoms with E-state index in [1.165, 1.54) is 6.20 Å². The van der Waals surface area contributed by atoms with Crippen LogP contribution in [0.1, 0.15) is 28.5 Å². The average molecular weight is 425 g/mol. The molecule has 3 aromatic carbocycles. The van der Waals surface area contributed by atoms with Crippen LogP contribution in [0.3, 0.4) is 0 Å². The quantitative estimate of drug-likeness (QED) is 0.425. The summed E-state index contributed by atoms with van der Waals surface area (Å²) in [5, 5.41) is 23.4. The molecule has 3 N–H and O–H groups in total. The molecule has 0 saturated heterocycles. The number of anilines is 1. The first-order valence-corrected chi connectivity index (χ1v) is 10.2. The highest BCUT2D eigenvalue weighted by Crippen LogP contribution is 2.29. The van der Waals surface area contributed by atoms with Crippen molar-refractivity contribution in [1.29, 1.82) is 0 Å². The van der Waals surface area contributed by atoms with E-state index >= 15 is 0 Å². The van der Waals surface area contributed by atoms with Gasteiger partial charge >= 0.3 is 0 Å². The zero-order valence-corrected chi connectivity index (χ0v) is 17.6. The number of aliphatic hydroxyl groups excluding tert-OH is 1. The second-order valence-electron chi connectivity index (χ2n) is 7.56. The molecule has 1 unspecified atom stereocenters. The van der Waals surface area contributed by atoms with E-state index in [-0.39, 0.29) is 29.6 Å². The Morgan fingerprint density at radius 2 is 1.66 bits per heavy atom. The number of nitrogens with zero attached hydrogens (tertiary/aromatic N) is 2. The summed E-state index contributed by atoms with van der Waals surface area (Å²) in [5.41, 5.74) is 4.14. The molecule has 0 saturated carbocycles. The maximum absolute atomic E-state index is 12.7. The molecule has 4 rings (SSSR count). The fraction of sp³-hybridized carbons (Fsp3) is 0.115. The number of phenols is 1. The summed E-state index contributed by atoms with van der Waals surface area (Å²) in [7, 11) is 0. The van der Waals surface area contributed by atoms with Gasteiger partial charge in [-0.25, -0.2) is 9.97 Å². The van der Waals surface area contributed by atoms with Crippen LogP contribution in [0.5, 0.6) is 5.75 Å². The molecular formula is C26H23N3O3. The number of phenolic OH excluding ortho intramolecular Hbond substituents is 1. The number of carbonyl (C=O) groups excluding carboxylic acids is 1. The van der Waals surface area contributed by atoms with Crippen LogP contribution in [0.4, 0.5) is 5.82 Å². The summed E-state index contributed by atoms with van der Waals surface area (Å²) in [6, 6.07) is 23.4. The van der Waals surface area contributed by atoms with Gasteiger partial charge in [-0.05, 0) is 42.3 Å². The number of rotatable bonds is 6. The largest absolute Gasteiger partial charge is 0.508 e. The third kappa shape index (κ3) is 4.99. The molecule has 0 aliphatic heterocycles. The van der Waals surface area contributed by atoms with Crippen LogP contribution in [0, 0.1) is 6.92 Å². The molecule has 0 aliphatic rings. The standard InChI is InChI=1S/C26H23N3O3/c1-17-7-9-18(10-8-17)15-23(31)29-26-24(25(32)20-5-3-2-4-6-20)28-22(16-27-26)19-11-13-21(30)14-12-19/h2-14,16,25,30,32H,15H2,1H3,(H,27,29,31). The summed E-state index contributed by atoms with van der Waals surface area (Å²) in [5.74, 6) is 0.106. The fourth-order valence-electron chi connectivity index (χ4n) is 3.32. The average Bonchev–Trinajstić information content (AvgIpc) is 2.81. The molecule has 6 heteroatoms. The molecule has 6 nitrogen and oxygen atoms in total. The number of aryl methyl sites for hydroxylation is 1. The van der Waals surface area contributed by atoms with Crippen LogP contribution in [-0.4, -0.2) is 26.1 Å². The topological polar surface area (TPSA) is 95.3 Å². The molecule has 0 radical (unpaired) electrons. The number of hydrogen-bond acceptors (Lipinski definition) is 5. The van der Waals surface area contributed by atoms with E-state index in [0.717, 1.165) is 16.7 Å². The van der Waals surface area contributed by atoms with Crippen molar-refractivity contribution < 1.29 is 15.0 Å². The van der Waals surface area contributed by atoms with Gasteiger partial charge < -0.3 is 15.5 Å². The molecule has 0 fully saturated rings. The van der Waals surface area contributed by atoms with Crippen LogP contribution in [-0.2, 0) is 11.2 Å². The molecular weight excluding hydrogens is 402 g/mol. The Balaban J connectivity index is 1.66. The van der Waals surface area contributed by atoms with E-state index in [1.807, 2.05) is 49.4 Å². The summed E-state index contributed by atoms with van der Waals surface area (Å²) >= 11 is 0. The third-order valence-electron chi connectivity index (χ3n) is 5.08. The molecule has 1 heterocycles. The Labute approximate surface area is 186 Å². The monoisotopic (exact) mass is 425 g/mol. The van der Waals surface area contributed by atoms with Crippen LogP contribution in [0.15, 0.2) is 85.1 Å². The highest BCUT2D eigenvalue weighted by Gasteiger charge is 2.20. The van der Waals surface area contributed by atoms with Crippen LogP contribution < -0.4 is 5.32 Å².